The Morgan fingerprint density at radius 3 is 2.67 bits per heavy atom. The summed E-state index contributed by atoms with van der Waals surface area (Å²) < 4.78 is 45.8. The van der Waals surface area contributed by atoms with Crippen molar-refractivity contribution in [3.8, 4) is 6.07 Å². The molecule has 2 N–H and O–H groups in total. The number of sulfone groups is 1. The lowest BCUT2D eigenvalue weighted by Gasteiger charge is -2.52. The summed E-state index contributed by atoms with van der Waals surface area (Å²) in [5.41, 5.74) is 8.15. The van der Waals surface area contributed by atoms with Crippen molar-refractivity contribution < 1.29 is 17.5 Å². The molecule has 5 unspecified atom stereocenters. The van der Waals surface area contributed by atoms with E-state index < -0.39 is 28.2 Å². The first-order valence-corrected chi connectivity index (χ1v) is 16.1. The second kappa shape index (κ2) is 10.6. The Bertz CT molecular complexity index is 1430. The zero-order valence-corrected chi connectivity index (χ0v) is 24.3. The highest BCUT2D eigenvalue weighted by molar-refractivity contribution is 7.91. The number of halogens is 3. The van der Waals surface area contributed by atoms with Crippen LogP contribution in [0.15, 0.2) is 24.7 Å². The number of alkyl halides is 1. The standard InChI is InChI=1S/C27H31Cl2FN6O3S/c1-15(24-19(28)10-32-11-20(24)29)39-23-6-18-22(7-21(23)30)34-35-25(18)17-5-16(8-31)26(33-9-17)36-12-27(13-36)3-2-4-40(37,38)14-27/h5,9-11,15,18,21-23,25,34-35H,2-4,6-7,12-14H2,1H3/t15-,18?,21?,22?,23?,25?/m1/s1. The Labute approximate surface area is 243 Å². The summed E-state index contributed by atoms with van der Waals surface area (Å²) in [5, 5.41) is 10.7. The highest BCUT2D eigenvalue weighted by Crippen LogP contribution is 2.45. The van der Waals surface area contributed by atoms with Gasteiger partial charge in [-0.25, -0.2) is 23.2 Å². The average Bonchev–Trinajstić information content (AvgIpc) is 3.28. The summed E-state index contributed by atoms with van der Waals surface area (Å²) in [7, 11) is -3.02. The van der Waals surface area contributed by atoms with Crippen LogP contribution in [0.2, 0.25) is 10.0 Å². The van der Waals surface area contributed by atoms with E-state index in [0.29, 0.717) is 52.9 Å². The van der Waals surface area contributed by atoms with Crippen LogP contribution < -0.4 is 15.8 Å². The van der Waals surface area contributed by atoms with Gasteiger partial charge in [0.05, 0.1) is 45.4 Å². The minimum Gasteiger partial charge on any atom is -0.367 e. The molecule has 2 aromatic heterocycles. The third kappa shape index (κ3) is 5.19. The number of aromatic nitrogens is 2. The van der Waals surface area contributed by atoms with Crippen LogP contribution >= 0.6 is 23.2 Å². The van der Waals surface area contributed by atoms with Crippen molar-refractivity contribution in [2.24, 2.45) is 11.3 Å². The van der Waals surface area contributed by atoms with E-state index in [1.807, 2.05) is 11.0 Å². The van der Waals surface area contributed by atoms with E-state index in [9.17, 15) is 13.7 Å². The van der Waals surface area contributed by atoms with Crippen LogP contribution in [0, 0.1) is 22.7 Å². The minimum absolute atomic E-state index is 0.00602. The maximum Gasteiger partial charge on any atom is 0.151 e. The number of nitriles is 1. The molecule has 13 heteroatoms. The number of nitrogens with one attached hydrogen (secondary N) is 2. The quantitative estimate of drug-likeness (QED) is 0.517. The molecule has 4 fully saturated rings. The highest BCUT2D eigenvalue weighted by Gasteiger charge is 2.49. The van der Waals surface area contributed by atoms with E-state index >= 15 is 4.39 Å². The van der Waals surface area contributed by atoms with Gasteiger partial charge >= 0.3 is 0 Å². The molecule has 0 amide bonds. The number of anilines is 1. The molecule has 0 bridgehead atoms. The first-order valence-electron chi connectivity index (χ1n) is 13.5. The van der Waals surface area contributed by atoms with E-state index in [0.717, 1.165) is 12.0 Å². The van der Waals surface area contributed by atoms with Crippen LogP contribution in [-0.2, 0) is 14.6 Å². The van der Waals surface area contributed by atoms with Gasteiger partial charge in [0, 0.05) is 48.7 Å². The van der Waals surface area contributed by atoms with Crippen molar-refractivity contribution in [1.82, 2.24) is 20.8 Å². The summed E-state index contributed by atoms with van der Waals surface area (Å²) >= 11 is 12.6. The van der Waals surface area contributed by atoms with Gasteiger partial charge in [0.25, 0.3) is 0 Å². The third-order valence-electron chi connectivity index (χ3n) is 8.84. The first kappa shape index (κ1) is 28.1. The van der Waals surface area contributed by atoms with Crippen LogP contribution in [0.5, 0.6) is 0 Å². The van der Waals surface area contributed by atoms with Crippen LogP contribution in [0.1, 0.15) is 61.4 Å². The molecule has 40 heavy (non-hydrogen) atoms. The van der Waals surface area contributed by atoms with Crippen molar-refractivity contribution in [3.05, 3.63) is 51.4 Å². The fourth-order valence-electron chi connectivity index (χ4n) is 7.02. The van der Waals surface area contributed by atoms with Gasteiger partial charge in [0.2, 0.25) is 0 Å². The molecule has 0 aromatic carbocycles. The fourth-order valence-corrected chi connectivity index (χ4v) is 9.68. The largest absolute Gasteiger partial charge is 0.367 e. The predicted molar refractivity (Wildman–Crippen MR) is 149 cm³/mol. The smallest absolute Gasteiger partial charge is 0.151 e. The lowest BCUT2D eigenvalue weighted by atomic mass is 9.77. The van der Waals surface area contributed by atoms with Crippen LogP contribution in [0.3, 0.4) is 0 Å². The molecule has 0 radical (unpaired) electrons. The van der Waals surface area contributed by atoms with E-state index in [1.54, 1.807) is 13.1 Å². The zero-order chi connectivity index (χ0) is 28.2. The Morgan fingerprint density at radius 2 is 1.98 bits per heavy atom. The SMILES string of the molecule is C[C@@H](OC1CC2C(CC1F)NNC2c1cnc(N2CC3(CCCS(=O)(=O)C3)C2)c(C#N)c1)c1c(Cl)cncc1Cl. The number of ether oxygens (including phenoxy) is 1. The molecule has 1 spiro atoms. The number of pyridine rings is 2. The van der Waals surface area contributed by atoms with Crippen molar-refractivity contribution >= 4 is 38.9 Å². The number of hydrazine groups is 1. The van der Waals surface area contributed by atoms with Crippen molar-refractivity contribution in [2.75, 3.05) is 29.5 Å². The molecule has 3 saturated heterocycles. The molecule has 6 atom stereocenters. The van der Waals surface area contributed by atoms with E-state index in [1.165, 1.54) is 12.4 Å². The summed E-state index contributed by atoms with van der Waals surface area (Å²) in [4.78, 5) is 10.6. The van der Waals surface area contributed by atoms with Gasteiger partial charge in [-0.3, -0.25) is 10.4 Å². The van der Waals surface area contributed by atoms with Crippen molar-refractivity contribution in [3.63, 3.8) is 0 Å². The second-order valence-corrected chi connectivity index (χ2v) is 14.7. The molecular formula is C27H31Cl2FN6O3S. The molecule has 1 aliphatic carbocycles. The third-order valence-corrected chi connectivity index (χ3v) is 11.4. The Hall–Kier alpha value is -2.07. The predicted octanol–water partition coefficient (Wildman–Crippen LogP) is 4.08. The summed E-state index contributed by atoms with van der Waals surface area (Å²) in [5.74, 6) is 1.05. The monoisotopic (exact) mass is 608 g/mol. The van der Waals surface area contributed by atoms with Crippen LogP contribution in [0.4, 0.5) is 10.2 Å². The van der Waals surface area contributed by atoms with Gasteiger partial charge < -0.3 is 9.64 Å². The van der Waals surface area contributed by atoms with Gasteiger partial charge in [0.15, 0.2) is 9.84 Å². The van der Waals surface area contributed by atoms with Crippen molar-refractivity contribution in [1.29, 1.82) is 5.26 Å². The summed E-state index contributed by atoms with van der Waals surface area (Å²) in [6.07, 6.45) is 4.68. The Morgan fingerprint density at radius 1 is 1.23 bits per heavy atom. The van der Waals surface area contributed by atoms with Crippen LogP contribution in [-0.4, -0.2) is 61.3 Å². The zero-order valence-electron chi connectivity index (χ0n) is 22.0. The molecule has 9 nitrogen and oxygen atoms in total. The fraction of sp³-hybridized carbons (Fsp3) is 0.593. The van der Waals surface area contributed by atoms with Crippen LogP contribution in [0.25, 0.3) is 0 Å². The summed E-state index contributed by atoms with van der Waals surface area (Å²) in [6, 6.07) is 3.82. The molecule has 214 valence electrons. The maximum absolute atomic E-state index is 15.2. The van der Waals surface area contributed by atoms with E-state index in [4.69, 9.17) is 27.9 Å². The number of hydrogen-bond donors (Lipinski definition) is 2. The average molecular weight is 610 g/mol. The van der Waals surface area contributed by atoms with E-state index in [2.05, 4.69) is 26.9 Å². The Kier molecular flexibility index (Phi) is 7.47. The van der Waals surface area contributed by atoms with Gasteiger partial charge in [0.1, 0.15) is 18.1 Å². The maximum atomic E-state index is 15.2. The number of rotatable bonds is 5. The molecule has 5 heterocycles. The van der Waals surface area contributed by atoms with Gasteiger partial charge in [-0.15, -0.1) is 0 Å². The minimum atomic E-state index is -3.02. The highest BCUT2D eigenvalue weighted by atomic mass is 35.5. The van der Waals surface area contributed by atoms with E-state index in [-0.39, 0.29) is 41.3 Å². The molecule has 3 aliphatic heterocycles. The van der Waals surface area contributed by atoms with Gasteiger partial charge in [-0.1, -0.05) is 23.2 Å². The second-order valence-electron chi connectivity index (χ2n) is 11.7. The Balaban J connectivity index is 1.17. The number of nitrogens with zero attached hydrogens (tertiary/aromatic N) is 4. The van der Waals surface area contributed by atoms with Gasteiger partial charge in [-0.2, -0.15) is 5.26 Å². The van der Waals surface area contributed by atoms with Crippen molar-refractivity contribution in [2.45, 2.75) is 63.1 Å². The lowest BCUT2D eigenvalue weighted by Crippen LogP contribution is -2.61. The lowest BCUT2D eigenvalue weighted by molar-refractivity contribution is -0.0783. The number of hydrogen-bond acceptors (Lipinski definition) is 9. The summed E-state index contributed by atoms with van der Waals surface area (Å²) in [6.45, 7) is 2.97. The molecule has 2 aromatic rings. The topological polar surface area (TPSA) is 120 Å². The molecule has 4 aliphatic rings. The molecule has 6 rings (SSSR count). The normalized spacial score (nSPS) is 31.3. The number of fused-ring (bicyclic) bond motifs is 1. The van der Waals surface area contributed by atoms with Gasteiger partial charge in [-0.05, 0) is 50.2 Å². The molecular weight excluding hydrogens is 578 g/mol. The first-order chi connectivity index (χ1) is 19.1. The molecule has 1 saturated carbocycles.